The molecule has 0 aliphatic heterocycles. The molecule has 1 fully saturated rings. The number of rotatable bonds is 6. The third-order valence-electron chi connectivity index (χ3n) is 3.91. The number of nitrogens with two attached hydrogens (primary N) is 1. The Labute approximate surface area is 122 Å². The van der Waals surface area contributed by atoms with Crippen molar-refractivity contribution in [3.8, 4) is 5.75 Å². The first-order valence-electron chi connectivity index (χ1n) is 7.34. The van der Waals surface area contributed by atoms with E-state index in [2.05, 4.69) is 10.1 Å². The van der Waals surface area contributed by atoms with Crippen molar-refractivity contribution in [2.24, 2.45) is 5.92 Å². The minimum absolute atomic E-state index is 0.192. The Kier molecular flexibility index (Phi) is 5.59. The Balaban J connectivity index is 1.92. The first-order valence-corrected chi connectivity index (χ1v) is 7.34. The van der Waals surface area contributed by atoms with Gasteiger partial charge in [-0.2, -0.15) is 8.78 Å². The summed E-state index contributed by atoms with van der Waals surface area (Å²) in [5, 5.41) is 3.08. The summed E-state index contributed by atoms with van der Waals surface area (Å²) in [5.41, 5.74) is 6.32. The van der Waals surface area contributed by atoms with Crippen LogP contribution in [-0.4, -0.2) is 13.2 Å². The Morgan fingerprint density at radius 1 is 1.24 bits per heavy atom. The van der Waals surface area contributed by atoms with Gasteiger partial charge in [-0.25, -0.2) is 4.39 Å². The fourth-order valence-corrected chi connectivity index (χ4v) is 2.79. The zero-order valence-corrected chi connectivity index (χ0v) is 11.9. The lowest BCUT2D eigenvalue weighted by molar-refractivity contribution is -0.0521. The summed E-state index contributed by atoms with van der Waals surface area (Å²) in [6.45, 7) is -2.37. The summed E-state index contributed by atoms with van der Waals surface area (Å²) in [4.78, 5) is 0. The van der Waals surface area contributed by atoms with Crippen LogP contribution in [0.4, 0.5) is 24.5 Å². The molecule has 0 aromatic heterocycles. The van der Waals surface area contributed by atoms with Crippen LogP contribution >= 0.6 is 0 Å². The van der Waals surface area contributed by atoms with E-state index < -0.39 is 18.2 Å². The summed E-state index contributed by atoms with van der Waals surface area (Å²) < 4.78 is 41.9. The number of alkyl halides is 2. The molecule has 0 unspecified atom stereocenters. The summed E-state index contributed by atoms with van der Waals surface area (Å²) in [6.07, 6.45) is 7.33. The van der Waals surface area contributed by atoms with Crippen molar-refractivity contribution in [1.29, 1.82) is 0 Å². The predicted molar refractivity (Wildman–Crippen MR) is 77.1 cm³/mol. The average molecular weight is 302 g/mol. The molecule has 0 saturated heterocycles. The van der Waals surface area contributed by atoms with Gasteiger partial charge in [-0.05, 0) is 12.3 Å². The summed E-state index contributed by atoms with van der Waals surface area (Å²) in [6, 6.07) is 2.19. The molecule has 0 heterocycles. The topological polar surface area (TPSA) is 47.3 Å². The van der Waals surface area contributed by atoms with E-state index in [0.717, 1.165) is 12.5 Å². The van der Waals surface area contributed by atoms with Crippen molar-refractivity contribution in [1.82, 2.24) is 0 Å². The monoisotopic (exact) mass is 302 g/mol. The molecule has 2 rings (SSSR count). The predicted octanol–water partition coefficient (Wildman–Crippen LogP) is 4.39. The second-order valence-electron chi connectivity index (χ2n) is 5.47. The van der Waals surface area contributed by atoms with Gasteiger partial charge in [0.15, 0.2) is 11.6 Å². The highest BCUT2D eigenvalue weighted by molar-refractivity contribution is 5.68. The Morgan fingerprint density at radius 3 is 2.62 bits per heavy atom. The lowest BCUT2D eigenvalue weighted by Gasteiger charge is -2.22. The number of ether oxygens (including phenoxy) is 1. The van der Waals surface area contributed by atoms with E-state index in [0.29, 0.717) is 18.2 Å². The van der Waals surface area contributed by atoms with Crippen LogP contribution < -0.4 is 15.8 Å². The van der Waals surface area contributed by atoms with E-state index in [4.69, 9.17) is 5.73 Å². The average Bonchev–Trinajstić information content (AvgIpc) is 2.44. The van der Waals surface area contributed by atoms with Gasteiger partial charge in [-0.15, -0.1) is 0 Å². The molecule has 0 radical (unpaired) electrons. The standard InChI is InChI=1S/C15H21F3N2O/c16-11-8-12(19)13(9-14(11)21-15(17)18)20-7-6-10-4-2-1-3-5-10/h8-10,15,20H,1-7,19H2. The molecular weight excluding hydrogens is 281 g/mol. The minimum Gasteiger partial charge on any atom is -0.432 e. The van der Waals surface area contributed by atoms with Gasteiger partial charge >= 0.3 is 6.61 Å². The van der Waals surface area contributed by atoms with Crippen molar-refractivity contribution in [2.75, 3.05) is 17.6 Å². The molecule has 0 spiro atoms. The van der Waals surface area contributed by atoms with Crippen LogP contribution in [0.2, 0.25) is 0 Å². The normalized spacial score (nSPS) is 16.2. The molecule has 3 N–H and O–H groups in total. The van der Waals surface area contributed by atoms with Gasteiger partial charge in [0.1, 0.15) is 0 Å². The van der Waals surface area contributed by atoms with Gasteiger partial charge in [0.2, 0.25) is 0 Å². The number of nitrogens with one attached hydrogen (secondary N) is 1. The molecule has 0 atom stereocenters. The van der Waals surface area contributed by atoms with Gasteiger partial charge in [0.05, 0.1) is 11.4 Å². The molecule has 1 aromatic carbocycles. The molecular formula is C15H21F3N2O. The van der Waals surface area contributed by atoms with Gasteiger partial charge < -0.3 is 15.8 Å². The van der Waals surface area contributed by atoms with Crippen molar-refractivity contribution in [2.45, 2.75) is 45.1 Å². The fourth-order valence-electron chi connectivity index (χ4n) is 2.79. The van der Waals surface area contributed by atoms with Crippen LogP contribution in [0, 0.1) is 11.7 Å². The van der Waals surface area contributed by atoms with Crippen LogP contribution in [0.15, 0.2) is 12.1 Å². The van der Waals surface area contributed by atoms with Crippen LogP contribution in [0.5, 0.6) is 5.75 Å². The third kappa shape index (κ3) is 4.72. The van der Waals surface area contributed by atoms with E-state index in [1.165, 1.54) is 38.2 Å². The molecule has 1 aliphatic carbocycles. The minimum atomic E-state index is -3.06. The largest absolute Gasteiger partial charge is 0.432 e. The summed E-state index contributed by atoms with van der Waals surface area (Å²) >= 11 is 0. The molecule has 0 bridgehead atoms. The highest BCUT2D eigenvalue weighted by Gasteiger charge is 2.15. The summed E-state index contributed by atoms with van der Waals surface area (Å²) in [7, 11) is 0. The van der Waals surface area contributed by atoms with Crippen molar-refractivity contribution in [3.05, 3.63) is 17.9 Å². The number of benzene rings is 1. The van der Waals surface area contributed by atoms with Gasteiger partial charge in [-0.1, -0.05) is 32.1 Å². The molecule has 1 aromatic rings. The first kappa shape index (κ1) is 15.8. The zero-order valence-electron chi connectivity index (χ0n) is 11.9. The molecule has 1 aliphatic rings. The van der Waals surface area contributed by atoms with Crippen LogP contribution in [0.25, 0.3) is 0 Å². The lowest BCUT2D eigenvalue weighted by Crippen LogP contribution is -2.13. The number of halogens is 3. The van der Waals surface area contributed by atoms with Crippen molar-refractivity contribution < 1.29 is 17.9 Å². The molecule has 118 valence electrons. The quantitative estimate of drug-likeness (QED) is 0.766. The smallest absolute Gasteiger partial charge is 0.387 e. The van der Waals surface area contributed by atoms with E-state index in [9.17, 15) is 13.2 Å². The first-order chi connectivity index (χ1) is 10.1. The maximum atomic E-state index is 13.4. The SMILES string of the molecule is Nc1cc(F)c(OC(F)F)cc1NCCC1CCCCC1. The Morgan fingerprint density at radius 2 is 1.95 bits per heavy atom. The molecule has 1 saturated carbocycles. The molecule has 3 nitrogen and oxygen atoms in total. The van der Waals surface area contributed by atoms with Crippen LogP contribution in [0.3, 0.4) is 0 Å². The lowest BCUT2D eigenvalue weighted by atomic mass is 9.87. The Bertz CT molecular complexity index is 462. The highest BCUT2D eigenvalue weighted by atomic mass is 19.3. The third-order valence-corrected chi connectivity index (χ3v) is 3.91. The van der Waals surface area contributed by atoms with E-state index in [1.54, 1.807) is 0 Å². The number of anilines is 2. The fraction of sp³-hybridized carbons (Fsp3) is 0.600. The van der Waals surface area contributed by atoms with Crippen LogP contribution in [-0.2, 0) is 0 Å². The molecule has 6 heteroatoms. The second-order valence-corrected chi connectivity index (χ2v) is 5.47. The molecule has 0 amide bonds. The second kappa shape index (κ2) is 7.43. The van der Waals surface area contributed by atoms with Crippen molar-refractivity contribution >= 4 is 11.4 Å². The highest BCUT2D eigenvalue weighted by Crippen LogP contribution is 2.30. The Hall–Kier alpha value is -1.59. The maximum Gasteiger partial charge on any atom is 0.387 e. The molecule has 21 heavy (non-hydrogen) atoms. The van der Waals surface area contributed by atoms with Gasteiger partial charge in [0, 0.05) is 18.7 Å². The van der Waals surface area contributed by atoms with Crippen molar-refractivity contribution in [3.63, 3.8) is 0 Å². The van der Waals surface area contributed by atoms with E-state index in [-0.39, 0.29) is 5.69 Å². The zero-order chi connectivity index (χ0) is 15.2. The van der Waals surface area contributed by atoms with Crippen LogP contribution in [0.1, 0.15) is 38.5 Å². The van der Waals surface area contributed by atoms with E-state index in [1.807, 2.05) is 0 Å². The number of hydrogen-bond acceptors (Lipinski definition) is 3. The number of nitrogen functional groups attached to an aromatic ring is 1. The maximum absolute atomic E-state index is 13.4. The van der Waals surface area contributed by atoms with E-state index >= 15 is 0 Å². The number of hydrogen-bond donors (Lipinski definition) is 2. The van der Waals surface area contributed by atoms with Gasteiger partial charge in [0.25, 0.3) is 0 Å². The summed E-state index contributed by atoms with van der Waals surface area (Å²) in [5.74, 6) is -0.672. The van der Waals surface area contributed by atoms with Gasteiger partial charge in [-0.3, -0.25) is 0 Å².